The SMILES string of the molecule is Cc1ccc(C(=O)N2CCn3c(nnc3C3CCN(S(=O)(=O)C(C)C)CC3)C2)s1. The van der Waals surface area contributed by atoms with Gasteiger partial charge in [0, 0.05) is 37.0 Å². The van der Waals surface area contributed by atoms with Gasteiger partial charge in [-0.05, 0) is 45.7 Å². The number of thiophene rings is 1. The molecule has 2 aromatic rings. The first-order valence-corrected chi connectivity index (χ1v) is 12.4. The first-order chi connectivity index (χ1) is 13.8. The van der Waals surface area contributed by atoms with Gasteiger partial charge in [0.1, 0.15) is 5.82 Å². The minimum atomic E-state index is -3.20. The van der Waals surface area contributed by atoms with Crippen LogP contribution in [0.1, 0.15) is 58.8 Å². The van der Waals surface area contributed by atoms with Crippen LogP contribution in [-0.4, -0.2) is 63.2 Å². The van der Waals surface area contributed by atoms with Gasteiger partial charge >= 0.3 is 0 Å². The van der Waals surface area contributed by atoms with Crippen molar-refractivity contribution in [3.8, 4) is 0 Å². The van der Waals surface area contributed by atoms with Crippen molar-refractivity contribution in [2.45, 2.75) is 57.9 Å². The minimum absolute atomic E-state index is 0.0473. The summed E-state index contributed by atoms with van der Waals surface area (Å²) in [5, 5.41) is 8.38. The Kier molecular flexibility index (Phi) is 5.52. The zero-order valence-electron chi connectivity index (χ0n) is 17.0. The van der Waals surface area contributed by atoms with E-state index in [0.717, 1.165) is 34.2 Å². The lowest BCUT2D eigenvalue weighted by molar-refractivity contribution is 0.0710. The number of aryl methyl sites for hydroxylation is 1. The molecule has 0 radical (unpaired) electrons. The molecule has 1 saturated heterocycles. The van der Waals surface area contributed by atoms with E-state index in [0.29, 0.717) is 32.7 Å². The second-order valence-corrected chi connectivity index (χ2v) is 11.8. The number of fused-ring (bicyclic) bond motifs is 1. The highest BCUT2D eigenvalue weighted by Crippen LogP contribution is 2.30. The molecular weight excluding hydrogens is 410 g/mol. The van der Waals surface area contributed by atoms with E-state index in [-0.39, 0.29) is 11.8 Å². The Morgan fingerprint density at radius 3 is 2.48 bits per heavy atom. The third-order valence-corrected chi connectivity index (χ3v) is 9.06. The second-order valence-electron chi connectivity index (χ2n) is 8.03. The molecule has 2 aliphatic heterocycles. The van der Waals surface area contributed by atoms with Crippen LogP contribution < -0.4 is 0 Å². The highest BCUT2D eigenvalue weighted by atomic mass is 32.2. The summed E-state index contributed by atoms with van der Waals surface area (Å²) >= 11 is 1.51. The number of carbonyl (C=O) groups is 1. The fraction of sp³-hybridized carbons (Fsp3) is 0.632. The Morgan fingerprint density at radius 2 is 1.86 bits per heavy atom. The van der Waals surface area contributed by atoms with Gasteiger partial charge in [-0.1, -0.05) is 0 Å². The van der Waals surface area contributed by atoms with Gasteiger partial charge in [-0.3, -0.25) is 4.79 Å². The van der Waals surface area contributed by atoms with Crippen LogP contribution in [0.15, 0.2) is 12.1 Å². The van der Waals surface area contributed by atoms with E-state index in [4.69, 9.17) is 0 Å². The van der Waals surface area contributed by atoms with E-state index in [9.17, 15) is 13.2 Å². The summed E-state index contributed by atoms with van der Waals surface area (Å²) in [6.07, 6.45) is 1.50. The van der Waals surface area contributed by atoms with Crippen molar-refractivity contribution in [1.29, 1.82) is 0 Å². The third-order valence-electron chi connectivity index (χ3n) is 5.79. The van der Waals surface area contributed by atoms with Crippen LogP contribution in [0.2, 0.25) is 0 Å². The molecule has 10 heteroatoms. The molecule has 0 aromatic carbocycles. The molecule has 0 spiro atoms. The van der Waals surface area contributed by atoms with Crippen LogP contribution in [0.3, 0.4) is 0 Å². The smallest absolute Gasteiger partial charge is 0.264 e. The van der Waals surface area contributed by atoms with E-state index in [2.05, 4.69) is 14.8 Å². The van der Waals surface area contributed by atoms with Crippen LogP contribution in [0, 0.1) is 6.92 Å². The zero-order valence-corrected chi connectivity index (χ0v) is 18.7. The number of hydrogen-bond donors (Lipinski definition) is 0. The van der Waals surface area contributed by atoms with E-state index >= 15 is 0 Å². The van der Waals surface area contributed by atoms with Crippen LogP contribution in [0.4, 0.5) is 0 Å². The third kappa shape index (κ3) is 3.85. The Balaban J connectivity index is 1.43. The van der Waals surface area contributed by atoms with Gasteiger partial charge in [0.15, 0.2) is 5.82 Å². The van der Waals surface area contributed by atoms with Crippen molar-refractivity contribution >= 4 is 27.3 Å². The maximum atomic E-state index is 12.7. The summed E-state index contributed by atoms with van der Waals surface area (Å²) < 4.78 is 28.5. The molecule has 0 unspecified atom stereocenters. The predicted octanol–water partition coefficient (Wildman–Crippen LogP) is 2.22. The van der Waals surface area contributed by atoms with E-state index in [1.807, 2.05) is 24.0 Å². The van der Waals surface area contributed by atoms with Crippen molar-refractivity contribution in [3.63, 3.8) is 0 Å². The van der Waals surface area contributed by atoms with Gasteiger partial charge in [-0.25, -0.2) is 12.7 Å². The van der Waals surface area contributed by atoms with Gasteiger partial charge in [-0.2, -0.15) is 0 Å². The van der Waals surface area contributed by atoms with Gasteiger partial charge in [-0.15, -0.1) is 21.5 Å². The Bertz CT molecular complexity index is 1000. The Morgan fingerprint density at radius 1 is 1.14 bits per heavy atom. The lowest BCUT2D eigenvalue weighted by Crippen LogP contribution is -2.42. The van der Waals surface area contributed by atoms with Crippen LogP contribution in [0.25, 0.3) is 0 Å². The predicted molar refractivity (Wildman–Crippen MR) is 111 cm³/mol. The fourth-order valence-electron chi connectivity index (χ4n) is 4.03. The lowest BCUT2D eigenvalue weighted by Gasteiger charge is -2.33. The van der Waals surface area contributed by atoms with E-state index in [1.165, 1.54) is 11.3 Å². The highest BCUT2D eigenvalue weighted by molar-refractivity contribution is 7.89. The lowest BCUT2D eigenvalue weighted by atomic mass is 9.97. The molecule has 2 aliphatic rings. The number of amides is 1. The van der Waals surface area contributed by atoms with Gasteiger partial charge in [0.2, 0.25) is 10.0 Å². The van der Waals surface area contributed by atoms with Gasteiger partial charge < -0.3 is 9.47 Å². The largest absolute Gasteiger partial charge is 0.329 e. The standard InChI is InChI=1S/C19H27N5O3S2/c1-13(2)29(26,27)23-8-6-15(7-9-23)18-21-20-17-12-22(10-11-24(17)18)19(25)16-5-4-14(3)28-16/h4-5,13,15H,6-12H2,1-3H3. The molecule has 2 aromatic heterocycles. The molecule has 8 nitrogen and oxygen atoms in total. The molecule has 1 fully saturated rings. The van der Waals surface area contributed by atoms with Crippen molar-refractivity contribution in [2.24, 2.45) is 0 Å². The molecule has 0 bridgehead atoms. The quantitative estimate of drug-likeness (QED) is 0.732. The molecule has 29 heavy (non-hydrogen) atoms. The van der Waals surface area contributed by atoms with E-state index in [1.54, 1.807) is 18.2 Å². The van der Waals surface area contributed by atoms with Gasteiger partial charge in [0.25, 0.3) is 5.91 Å². The molecular formula is C19H27N5O3S2. The molecule has 0 N–H and O–H groups in total. The topological polar surface area (TPSA) is 88.4 Å². The molecule has 0 saturated carbocycles. The number of sulfonamides is 1. The first-order valence-electron chi connectivity index (χ1n) is 10.0. The van der Waals surface area contributed by atoms with Gasteiger partial charge in [0.05, 0.1) is 16.7 Å². The normalized spacial score (nSPS) is 19.0. The molecule has 4 rings (SSSR count). The summed E-state index contributed by atoms with van der Waals surface area (Å²) in [6, 6.07) is 3.85. The Hall–Kier alpha value is -1.78. The average molecular weight is 438 g/mol. The summed E-state index contributed by atoms with van der Waals surface area (Å²) in [6.45, 7) is 8.27. The van der Waals surface area contributed by atoms with Crippen LogP contribution in [0.5, 0.6) is 0 Å². The highest BCUT2D eigenvalue weighted by Gasteiger charge is 2.34. The zero-order chi connectivity index (χ0) is 20.8. The number of hydrogen-bond acceptors (Lipinski definition) is 6. The molecule has 1 amide bonds. The molecule has 4 heterocycles. The maximum Gasteiger partial charge on any atom is 0.264 e. The summed E-state index contributed by atoms with van der Waals surface area (Å²) in [4.78, 5) is 16.4. The number of piperidine rings is 1. The monoisotopic (exact) mass is 437 g/mol. The molecule has 158 valence electrons. The number of nitrogens with zero attached hydrogens (tertiary/aromatic N) is 5. The first kappa shape index (κ1) is 20.5. The van der Waals surface area contributed by atoms with Crippen molar-refractivity contribution in [2.75, 3.05) is 19.6 Å². The van der Waals surface area contributed by atoms with Crippen LogP contribution >= 0.6 is 11.3 Å². The van der Waals surface area contributed by atoms with Crippen molar-refractivity contribution in [3.05, 3.63) is 33.5 Å². The summed E-state index contributed by atoms with van der Waals surface area (Å²) in [7, 11) is -3.20. The molecule has 0 aliphatic carbocycles. The van der Waals surface area contributed by atoms with Crippen molar-refractivity contribution in [1.82, 2.24) is 24.0 Å². The number of rotatable bonds is 4. The fourth-order valence-corrected chi connectivity index (χ4v) is 6.18. The minimum Gasteiger partial charge on any atom is -0.329 e. The second kappa shape index (κ2) is 7.81. The van der Waals surface area contributed by atoms with Crippen molar-refractivity contribution < 1.29 is 13.2 Å². The van der Waals surface area contributed by atoms with E-state index < -0.39 is 15.3 Å². The average Bonchev–Trinajstić information content (AvgIpc) is 3.33. The summed E-state index contributed by atoms with van der Waals surface area (Å²) in [5.41, 5.74) is 0. The molecule has 0 atom stereocenters. The summed E-state index contributed by atoms with van der Waals surface area (Å²) in [5.74, 6) is 1.99. The number of carbonyl (C=O) groups excluding carboxylic acids is 1. The van der Waals surface area contributed by atoms with Crippen LogP contribution in [-0.2, 0) is 23.1 Å². The Labute approximate surface area is 175 Å². The maximum absolute atomic E-state index is 12.7. The number of aromatic nitrogens is 3.